The van der Waals surface area contributed by atoms with Gasteiger partial charge in [0.15, 0.2) is 0 Å². The van der Waals surface area contributed by atoms with E-state index in [0.717, 1.165) is 31.0 Å². The van der Waals surface area contributed by atoms with Crippen molar-refractivity contribution in [3.05, 3.63) is 70.5 Å². The topological polar surface area (TPSA) is 12.0 Å². The zero-order valence-corrected chi connectivity index (χ0v) is 12.5. The minimum Gasteiger partial charge on any atom is -0.312 e. The summed E-state index contributed by atoms with van der Waals surface area (Å²) in [5.41, 5.74) is 5.10. The maximum Gasteiger partial charge on any atom is 0.123 e. The third-order valence-corrected chi connectivity index (χ3v) is 4.20. The van der Waals surface area contributed by atoms with Crippen LogP contribution in [0.25, 0.3) is 0 Å². The van der Waals surface area contributed by atoms with E-state index in [0.29, 0.717) is 0 Å². The van der Waals surface area contributed by atoms with Gasteiger partial charge in [-0.2, -0.15) is 0 Å². The molecule has 21 heavy (non-hydrogen) atoms. The van der Waals surface area contributed by atoms with Crippen LogP contribution >= 0.6 is 0 Å². The number of rotatable bonds is 6. The minimum atomic E-state index is -0.152. The average Bonchev–Trinajstić information content (AvgIpc) is 3.30. The first kappa shape index (κ1) is 14.3. The van der Waals surface area contributed by atoms with E-state index in [9.17, 15) is 4.39 Å². The first-order valence-corrected chi connectivity index (χ1v) is 7.77. The summed E-state index contributed by atoms with van der Waals surface area (Å²) < 4.78 is 13.0. The summed E-state index contributed by atoms with van der Waals surface area (Å²) in [7, 11) is 0. The lowest BCUT2D eigenvalue weighted by Gasteiger charge is -2.09. The molecule has 0 heterocycles. The van der Waals surface area contributed by atoms with Crippen LogP contribution in [0.15, 0.2) is 42.5 Å². The average molecular weight is 283 g/mol. The summed E-state index contributed by atoms with van der Waals surface area (Å²) >= 11 is 0. The molecule has 0 atom stereocenters. The highest BCUT2D eigenvalue weighted by molar-refractivity contribution is 5.29. The molecule has 1 fully saturated rings. The number of hydrogen-bond acceptors (Lipinski definition) is 1. The summed E-state index contributed by atoms with van der Waals surface area (Å²) in [5, 5.41) is 3.48. The Hall–Kier alpha value is -1.67. The normalized spacial score (nSPS) is 14.4. The second kappa shape index (κ2) is 6.40. The van der Waals surface area contributed by atoms with Crippen LogP contribution in [0.1, 0.15) is 41.0 Å². The molecule has 1 aliphatic rings. The van der Waals surface area contributed by atoms with Crippen LogP contribution in [0.5, 0.6) is 0 Å². The molecule has 0 spiro atoms. The largest absolute Gasteiger partial charge is 0.312 e. The molecule has 2 heteroatoms. The molecule has 1 N–H and O–H groups in total. The number of benzene rings is 2. The lowest BCUT2D eigenvalue weighted by molar-refractivity contribution is 0.624. The van der Waals surface area contributed by atoms with Crippen molar-refractivity contribution in [3.8, 4) is 0 Å². The predicted octanol–water partition coefficient (Wildman–Crippen LogP) is 4.34. The van der Waals surface area contributed by atoms with E-state index < -0.39 is 0 Å². The molecule has 0 aliphatic heterocycles. The highest BCUT2D eigenvalue weighted by Crippen LogP contribution is 2.40. The standard InChI is InChI=1S/C19H22FN/c1-14-11-19(20)8-7-16(14)9-10-21-13-15-3-2-4-18(12-15)17-5-6-17/h2-4,7-8,11-12,17,21H,5-6,9-10,13H2,1H3. The van der Waals surface area contributed by atoms with E-state index in [1.807, 2.05) is 13.0 Å². The molecule has 2 aromatic carbocycles. The van der Waals surface area contributed by atoms with Crippen LogP contribution in [0.3, 0.4) is 0 Å². The Balaban J connectivity index is 1.48. The van der Waals surface area contributed by atoms with Gasteiger partial charge in [-0.1, -0.05) is 30.3 Å². The van der Waals surface area contributed by atoms with Crippen LogP contribution in [-0.2, 0) is 13.0 Å². The molecular weight excluding hydrogens is 261 g/mol. The van der Waals surface area contributed by atoms with Crippen molar-refractivity contribution in [1.29, 1.82) is 0 Å². The van der Waals surface area contributed by atoms with Gasteiger partial charge in [-0.15, -0.1) is 0 Å². The Kier molecular flexibility index (Phi) is 4.35. The second-order valence-electron chi connectivity index (χ2n) is 6.02. The highest BCUT2D eigenvalue weighted by atomic mass is 19.1. The van der Waals surface area contributed by atoms with Crippen LogP contribution in [0, 0.1) is 12.7 Å². The van der Waals surface area contributed by atoms with Crippen LogP contribution < -0.4 is 5.32 Å². The summed E-state index contributed by atoms with van der Waals surface area (Å²) in [5.74, 6) is 0.660. The Morgan fingerprint density at radius 2 is 2.00 bits per heavy atom. The van der Waals surface area contributed by atoms with Gasteiger partial charge in [-0.25, -0.2) is 4.39 Å². The van der Waals surface area contributed by atoms with Crippen molar-refractivity contribution in [2.24, 2.45) is 0 Å². The number of hydrogen-bond donors (Lipinski definition) is 1. The molecule has 0 unspecified atom stereocenters. The maximum absolute atomic E-state index is 13.0. The van der Waals surface area contributed by atoms with Crippen LogP contribution in [-0.4, -0.2) is 6.54 Å². The van der Waals surface area contributed by atoms with Gasteiger partial charge < -0.3 is 5.32 Å². The molecule has 0 bridgehead atoms. The molecule has 110 valence electrons. The van der Waals surface area contributed by atoms with Gasteiger partial charge in [-0.3, -0.25) is 0 Å². The first-order valence-electron chi connectivity index (χ1n) is 7.77. The second-order valence-corrected chi connectivity index (χ2v) is 6.02. The van der Waals surface area contributed by atoms with E-state index >= 15 is 0 Å². The summed E-state index contributed by atoms with van der Waals surface area (Å²) in [6, 6.07) is 13.9. The van der Waals surface area contributed by atoms with E-state index in [-0.39, 0.29) is 5.82 Å². The van der Waals surface area contributed by atoms with Crippen molar-refractivity contribution in [2.45, 2.75) is 38.6 Å². The number of halogens is 1. The molecule has 1 saturated carbocycles. The molecule has 0 radical (unpaired) electrons. The molecule has 1 nitrogen and oxygen atoms in total. The van der Waals surface area contributed by atoms with E-state index in [2.05, 4.69) is 29.6 Å². The molecule has 1 aliphatic carbocycles. The monoisotopic (exact) mass is 283 g/mol. The zero-order chi connectivity index (χ0) is 14.7. The first-order chi connectivity index (χ1) is 10.2. The van der Waals surface area contributed by atoms with Crippen LogP contribution in [0.4, 0.5) is 4.39 Å². The Morgan fingerprint density at radius 1 is 1.14 bits per heavy atom. The fourth-order valence-corrected chi connectivity index (χ4v) is 2.77. The lowest BCUT2D eigenvalue weighted by atomic mass is 10.1. The molecule has 0 amide bonds. The van der Waals surface area contributed by atoms with Crippen molar-refractivity contribution in [3.63, 3.8) is 0 Å². The van der Waals surface area contributed by atoms with Gasteiger partial charge in [0.05, 0.1) is 0 Å². The lowest BCUT2D eigenvalue weighted by Crippen LogP contribution is -2.17. The molecule has 2 aromatic rings. The van der Waals surface area contributed by atoms with Crippen LogP contribution in [0.2, 0.25) is 0 Å². The van der Waals surface area contributed by atoms with E-state index in [4.69, 9.17) is 0 Å². The predicted molar refractivity (Wildman–Crippen MR) is 85.0 cm³/mol. The molecular formula is C19H22FN. The fourth-order valence-electron chi connectivity index (χ4n) is 2.77. The Labute approximate surface area is 126 Å². The third-order valence-electron chi connectivity index (χ3n) is 4.20. The zero-order valence-electron chi connectivity index (χ0n) is 12.5. The van der Waals surface area contributed by atoms with Gasteiger partial charge in [0.25, 0.3) is 0 Å². The highest BCUT2D eigenvalue weighted by Gasteiger charge is 2.23. The maximum atomic E-state index is 13.0. The van der Waals surface area contributed by atoms with E-state index in [1.54, 1.807) is 12.1 Å². The molecule has 3 rings (SSSR count). The van der Waals surface area contributed by atoms with Crippen molar-refractivity contribution in [2.75, 3.05) is 6.54 Å². The number of nitrogens with one attached hydrogen (secondary N) is 1. The van der Waals surface area contributed by atoms with Gasteiger partial charge in [-0.05, 0) is 73.0 Å². The smallest absolute Gasteiger partial charge is 0.123 e. The van der Waals surface area contributed by atoms with Crippen molar-refractivity contribution < 1.29 is 4.39 Å². The molecule has 0 aromatic heterocycles. The fraction of sp³-hybridized carbons (Fsp3) is 0.368. The summed E-state index contributed by atoms with van der Waals surface area (Å²) in [6.45, 7) is 3.79. The van der Waals surface area contributed by atoms with Gasteiger partial charge in [0, 0.05) is 6.54 Å². The third kappa shape index (κ3) is 3.92. The quantitative estimate of drug-likeness (QED) is 0.777. The van der Waals surface area contributed by atoms with Gasteiger partial charge in [0.1, 0.15) is 5.82 Å². The number of aryl methyl sites for hydroxylation is 1. The van der Waals surface area contributed by atoms with Crippen molar-refractivity contribution in [1.82, 2.24) is 5.32 Å². The minimum absolute atomic E-state index is 0.152. The van der Waals surface area contributed by atoms with E-state index in [1.165, 1.54) is 29.5 Å². The van der Waals surface area contributed by atoms with Gasteiger partial charge >= 0.3 is 0 Å². The summed E-state index contributed by atoms with van der Waals surface area (Å²) in [4.78, 5) is 0. The van der Waals surface area contributed by atoms with Gasteiger partial charge in [0.2, 0.25) is 0 Å². The summed E-state index contributed by atoms with van der Waals surface area (Å²) in [6.07, 6.45) is 3.63. The molecule has 0 saturated heterocycles. The Morgan fingerprint density at radius 3 is 2.76 bits per heavy atom. The van der Waals surface area contributed by atoms with Crippen molar-refractivity contribution >= 4 is 0 Å². The Bertz CT molecular complexity index is 617. The SMILES string of the molecule is Cc1cc(F)ccc1CCNCc1cccc(C2CC2)c1.